The van der Waals surface area contributed by atoms with Crippen molar-refractivity contribution in [1.82, 2.24) is 4.90 Å². The number of likely N-dealkylation sites (tertiary alicyclic amines) is 1. The van der Waals surface area contributed by atoms with Gasteiger partial charge in [0.25, 0.3) is 0 Å². The molecule has 0 N–H and O–H groups in total. The van der Waals surface area contributed by atoms with Gasteiger partial charge < -0.3 is 9.64 Å². The normalized spacial score (nSPS) is 31.7. The minimum Gasteiger partial charge on any atom is -0.444 e. The Morgan fingerprint density at radius 2 is 1.94 bits per heavy atom. The molecule has 0 atom stereocenters. The van der Waals surface area contributed by atoms with Crippen molar-refractivity contribution < 1.29 is 9.53 Å². The Morgan fingerprint density at radius 3 is 2.33 bits per heavy atom. The van der Waals surface area contributed by atoms with E-state index in [4.69, 9.17) is 11.2 Å². The highest BCUT2D eigenvalue weighted by Gasteiger charge is 2.50. The summed E-state index contributed by atoms with van der Waals surface area (Å²) in [6.07, 6.45) is 10.5. The molecule has 0 unspecified atom stereocenters. The molecule has 2 rings (SSSR count). The monoisotopic (exact) mass is 249 g/mol. The summed E-state index contributed by atoms with van der Waals surface area (Å²) in [4.78, 5) is 14.1. The molecule has 100 valence electrons. The average Bonchev–Trinajstić information content (AvgIpc) is 2.25. The Hall–Kier alpha value is -1.17. The lowest BCUT2D eigenvalue weighted by atomic mass is 9.70. The molecule has 1 aliphatic carbocycles. The lowest BCUT2D eigenvalue weighted by Gasteiger charge is -2.55. The fraction of sp³-hybridized carbons (Fsp3) is 0.800. The predicted molar refractivity (Wildman–Crippen MR) is 71.1 cm³/mol. The number of hydrogen-bond acceptors (Lipinski definition) is 2. The summed E-state index contributed by atoms with van der Waals surface area (Å²) in [7, 11) is 0. The van der Waals surface area contributed by atoms with Gasteiger partial charge in [-0.25, -0.2) is 4.79 Å². The van der Waals surface area contributed by atoms with E-state index in [-0.39, 0.29) is 11.6 Å². The van der Waals surface area contributed by atoms with E-state index < -0.39 is 5.60 Å². The van der Waals surface area contributed by atoms with Gasteiger partial charge in [-0.15, -0.1) is 12.3 Å². The Bertz CT molecular complexity index is 367. The zero-order valence-electron chi connectivity index (χ0n) is 11.7. The van der Waals surface area contributed by atoms with Gasteiger partial charge in [-0.3, -0.25) is 0 Å². The molecule has 3 heteroatoms. The standard InChI is InChI=1S/C15H23NO2/c1-5-12-6-8-15(9-7-12)10-11-16(15)13(17)18-14(2,3)4/h1,12H,6-11H2,2-4H3. The molecule has 1 spiro atoms. The topological polar surface area (TPSA) is 29.5 Å². The molecule has 1 aliphatic heterocycles. The van der Waals surface area contributed by atoms with Gasteiger partial charge in [-0.05, 0) is 52.9 Å². The number of terminal acetylenes is 1. The van der Waals surface area contributed by atoms with Gasteiger partial charge in [0.15, 0.2) is 0 Å². The van der Waals surface area contributed by atoms with Gasteiger partial charge in [0.05, 0.1) is 0 Å². The molecule has 1 saturated carbocycles. The molecule has 0 aromatic carbocycles. The second-order valence-corrected chi connectivity index (χ2v) is 6.55. The van der Waals surface area contributed by atoms with Crippen LogP contribution in [0, 0.1) is 18.3 Å². The SMILES string of the molecule is C#CC1CCC2(CC1)CCN2C(=O)OC(C)(C)C. The molecule has 0 bridgehead atoms. The Balaban J connectivity index is 1.96. The number of ether oxygens (including phenoxy) is 1. The van der Waals surface area contributed by atoms with Crippen LogP contribution in [-0.4, -0.2) is 28.7 Å². The zero-order valence-corrected chi connectivity index (χ0v) is 11.7. The van der Waals surface area contributed by atoms with E-state index in [2.05, 4.69) is 5.92 Å². The van der Waals surface area contributed by atoms with Crippen LogP contribution in [0.25, 0.3) is 0 Å². The molecule has 18 heavy (non-hydrogen) atoms. The number of nitrogens with zero attached hydrogens (tertiary/aromatic N) is 1. The largest absolute Gasteiger partial charge is 0.444 e. The second-order valence-electron chi connectivity index (χ2n) is 6.55. The van der Waals surface area contributed by atoms with E-state index >= 15 is 0 Å². The summed E-state index contributed by atoms with van der Waals surface area (Å²) < 4.78 is 5.47. The van der Waals surface area contributed by atoms with Crippen LogP contribution in [0.1, 0.15) is 52.9 Å². The Morgan fingerprint density at radius 1 is 1.33 bits per heavy atom. The van der Waals surface area contributed by atoms with Crippen LogP contribution in [0.4, 0.5) is 4.79 Å². The minimum absolute atomic E-state index is 0.0513. The Kier molecular flexibility index (Phi) is 3.31. The maximum atomic E-state index is 12.1. The highest BCUT2D eigenvalue weighted by Crippen LogP contribution is 2.45. The van der Waals surface area contributed by atoms with E-state index in [0.29, 0.717) is 5.92 Å². The number of carbonyl (C=O) groups excluding carboxylic acids is 1. The fourth-order valence-corrected chi connectivity index (χ4v) is 2.98. The molecule has 0 radical (unpaired) electrons. The highest BCUT2D eigenvalue weighted by atomic mass is 16.6. The molecule has 3 nitrogen and oxygen atoms in total. The zero-order chi connectivity index (χ0) is 13.4. The molecular weight excluding hydrogens is 226 g/mol. The van der Waals surface area contributed by atoms with Crippen molar-refractivity contribution in [3.8, 4) is 12.3 Å². The minimum atomic E-state index is -0.413. The molecule has 2 fully saturated rings. The predicted octanol–water partition coefficient (Wildman–Crippen LogP) is 3.19. The first-order valence-corrected chi connectivity index (χ1v) is 6.83. The summed E-state index contributed by atoms with van der Waals surface area (Å²) in [6, 6.07) is 0. The summed E-state index contributed by atoms with van der Waals surface area (Å²) in [5, 5.41) is 0. The molecule has 2 aliphatic rings. The first-order chi connectivity index (χ1) is 8.36. The Labute approximate surface area is 110 Å². The lowest BCUT2D eigenvalue weighted by molar-refractivity contribution is -0.0622. The third-order valence-corrected chi connectivity index (χ3v) is 4.14. The summed E-state index contributed by atoms with van der Waals surface area (Å²) in [5.41, 5.74) is -0.362. The first kappa shape index (κ1) is 13.3. The van der Waals surface area contributed by atoms with Gasteiger partial charge in [-0.1, -0.05) is 0 Å². The molecule has 1 heterocycles. The highest BCUT2D eigenvalue weighted by molar-refractivity contribution is 5.70. The molecule has 0 aromatic heterocycles. The summed E-state index contributed by atoms with van der Waals surface area (Å²) >= 11 is 0. The third kappa shape index (κ3) is 2.48. The number of carbonyl (C=O) groups is 1. The van der Waals surface area contributed by atoms with Crippen LogP contribution in [0.2, 0.25) is 0 Å². The van der Waals surface area contributed by atoms with Crippen molar-refractivity contribution in [2.45, 2.75) is 64.0 Å². The van der Waals surface area contributed by atoms with Gasteiger partial charge in [-0.2, -0.15) is 0 Å². The van der Waals surface area contributed by atoms with Crippen molar-refractivity contribution in [2.24, 2.45) is 5.92 Å². The smallest absolute Gasteiger partial charge is 0.410 e. The van der Waals surface area contributed by atoms with E-state index in [0.717, 1.165) is 38.6 Å². The van der Waals surface area contributed by atoms with Crippen LogP contribution < -0.4 is 0 Å². The van der Waals surface area contributed by atoms with Gasteiger partial charge in [0.1, 0.15) is 5.60 Å². The molecular formula is C15H23NO2. The van der Waals surface area contributed by atoms with E-state index in [1.165, 1.54) is 0 Å². The molecule has 0 aromatic rings. The summed E-state index contributed by atoms with van der Waals surface area (Å²) in [5.74, 6) is 3.24. The van der Waals surface area contributed by atoms with Gasteiger partial charge >= 0.3 is 6.09 Å². The van der Waals surface area contributed by atoms with Crippen molar-refractivity contribution in [1.29, 1.82) is 0 Å². The number of hydrogen-bond donors (Lipinski definition) is 0. The van der Waals surface area contributed by atoms with E-state index in [1.54, 1.807) is 0 Å². The van der Waals surface area contributed by atoms with Crippen molar-refractivity contribution in [2.75, 3.05) is 6.54 Å². The third-order valence-electron chi connectivity index (χ3n) is 4.14. The van der Waals surface area contributed by atoms with Crippen LogP contribution in [0.3, 0.4) is 0 Å². The number of rotatable bonds is 0. The maximum absolute atomic E-state index is 12.1. The number of amides is 1. The average molecular weight is 249 g/mol. The van der Waals surface area contributed by atoms with Gasteiger partial charge in [0.2, 0.25) is 0 Å². The van der Waals surface area contributed by atoms with E-state index in [1.807, 2.05) is 25.7 Å². The molecule has 1 saturated heterocycles. The van der Waals surface area contributed by atoms with Crippen LogP contribution in [-0.2, 0) is 4.74 Å². The lowest BCUT2D eigenvalue weighted by Crippen LogP contribution is -2.63. The van der Waals surface area contributed by atoms with E-state index in [9.17, 15) is 4.79 Å². The second kappa shape index (κ2) is 4.50. The molecule has 1 amide bonds. The van der Waals surface area contributed by atoms with Crippen molar-refractivity contribution in [3.05, 3.63) is 0 Å². The van der Waals surface area contributed by atoms with Crippen LogP contribution in [0.15, 0.2) is 0 Å². The van der Waals surface area contributed by atoms with Crippen LogP contribution in [0.5, 0.6) is 0 Å². The fourth-order valence-electron chi connectivity index (χ4n) is 2.98. The van der Waals surface area contributed by atoms with Crippen molar-refractivity contribution in [3.63, 3.8) is 0 Å². The van der Waals surface area contributed by atoms with Gasteiger partial charge in [0, 0.05) is 18.0 Å². The van der Waals surface area contributed by atoms with Crippen LogP contribution >= 0.6 is 0 Å². The maximum Gasteiger partial charge on any atom is 0.410 e. The first-order valence-electron chi connectivity index (χ1n) is 6.83. The quantitative estimate of drug-likeness (QED) is 0.617. The van der Waals surface area contributed by atoms with Crippen molar-refractivity contribution >= 4 is 6.09 Å². The summed E-state index contributed by atoms with van der Waals surface area (Å²) in [6.45, 7) is 6.56.